The molecule has 1 aliphatic heterocycles. The Kier molecular flexibility index (Phi) is 8.20. The molecule has 174 valence electrons. The van der Waals surface area contributed by atoms with Crippen LogP contribution in [0.25, 0.3) is 0 Å². The van der Waals surface area contributed by atoms with Crippen molar-refractivity contribution in [1.82, 2.24) is 10.2 Å². The monoisotopic (exact) mass is 458 g/mol. The van der Waals surface area contributed by atoms with Crippen LogP contribution < -0.4 is 10.1 Å². The smallest absolute Gasteiger partial charge is 0.262 e. The average Bonchev–Trinajstić information content (AvgIpc) is 3.34. The van der Waals surface area contributed by atoms with E-state index in [4.69, 9.17) is 4.74 Å². The van der Waals surface area contributed by atoms with Gasteiger partial charge >= 0.3 is 0 Å². The summed E-state index contributed by atoms with van der Waals surface area (Å²) in [7, 11) is 0. The van der Waals surface area contributed by atoms with E-state index in [1.807, 2.05) is 11.0 Å². The molecule has 2 heterocycles. The van der Waals surface area contributed by atoms with Gasteiger partial charge in [0.25, 0.3) is 5.91 Å². The van der Waals surface area contributed by atoms with Gasteiger partial charge < -0.3 is 9.64 Å². The number of nitrogens with one attached hydrogen (secondary N) is 1. The molecule has 1 saturated heterocycles. The summed E-state index contributed by atoms with van der Waals surface area (Å²) in [6, 6.07) is 9.96. The van der Waals surface area contributed by atoms with E-state index >= 15 is 0 Å². The first kappa shape index (κ1) is 23.2. The third kappa shape index (κ3) is 6.32. The van der Waals surface area contributed by atoms with Crippen molar-refractivity contribution in [3.63, 3.8) is 0 Å². The number of hydrogen-bond donors (Lipinski definition) is 1. The number of thiophene rings is 1. The fourth-order valence-corrected chi connectivity index (χ4v) is 6.00. The predicted octanol–water partition coefficient (Wildman–Crippen LogP) is 6.13. The minimum absolute atomic E-state index is 0.0240. The highest BCUT2D eigenvalue weighted by atomic mass is 32.1. The molecule has 2 aliphatic rings. The van der Waals surface area contributed by atoms with Gasteiger partial charge in [0.2, 0.25) is 0 Å². The van der Waals surface area contributed by atoms with E-state index < -0.39 is 0 Å². The summed E-state index contributed by atoms with van der Waals surface area (Å²) >= 11 is 1.68. The van der Waals surface area contributed by atoms with Gasteiger partial charge in [0.1, 0.15) is 11.6 Å². The van der Waals surface area contributed by atoms with E-state index in [0.717, 1.165) is 13.0 Å². The van der Waals surface area contributed by atoms with E-state index in [-0.39, 0.29) is 24.5 Å². The number of amides is 1. The number of benzene rings is 1. The van der Waals surface area contributed by atoms with Gasteiger partial charge in [-0.15, -0.1) is 11.3 Å². The Balaban J connectivity index is 1.47. The lowest BCUT2D eigenvalue weighted by Crippen LogP contribution is -2.55. The Hall–Kier alpha value is -1.92. The Morgan fingerprint density at radius 3 is 2.47 bits per heavy atom. The highest BCUT2D eigenvalue weighted by molar-refractivity contribution is 7.09. The fraction of sp³-hybridized carbons (Fsp3) is 0.577. The number of nitrogens with zero attached hydrogens (tertiary/aromatic N) is 1. The van der Waals surface area contributed by atoms with Crippen molar-refractivity contribution in [2.24, 2.45) is 5.41 Å². The van der Waals surface area contributed by atoms with E-state index in [1.54, 1.807) is 23.5 Å². The number of rotatable bonds is 6. The zero-order valence-electron chi connectivity index (χ0n) is 18.9. The van der Waals surface area contributed by atoms with Gasteiger partial charge in [-0.1, -0.05) is 44.6 Å². The van der Waals surface area contributed by atoms with Crippen LogP contribution in [0.15, 0.2) is 41.8 Å². The van der Waals surface area contributed by atoms with Crippen LogP contribution in [0.1, 0.15) is 69.1 Å². The first-order valence-electron chi connectivity index (χ1n) is 12.1. The molecule has 4 nitrogen and oxygen atoms in total. The summed E-state index contributed by atoms with van der Waals surface area (Å²) in [6.45, 7) is 1.51. The maximum atomic E-state index is 13.3. The van der Waals surface area contributed by atoms with E-state index in [9.17, 15) is 9.18 Å². The molecule has 1 amide bonds. The van der Waals surface area contributed by atoms with Gasteiger partial charge in [-0.2, -0.15) is 0 Å². The van der Waals surface area contributed by atoms with Crippen molar-refractivity contribution in [3.8, 4) is 5.75 Å². The predicted molar refractivity (Wildman–Crippen MR) is 127 cm³/mol. The molecule has 4 rings (SSSR count). The van der Waals surface area contributed by atoms with E-state index in [1.165, 1.54) is 74.8 Å². The zero-order valence-corrected chi connectivity index (χ0v) is 19.7. The van der Waals surface area contributed by atoms with Gasteiger partial charge in [-0.05, 0) is 73.4 Å². The molecule has 1 unspecified atom stereocenters. The molecule has 1 atom stereocenters. The number of carbonyl (C=O) groups is 1. The molecule has 1 N–H and O–H groups in total. The number of halogens is 1. The lowest BCUT2D eigenvalue weighted by atomic mass is 9.70. The Morgan fingerprint density at radius 2 is 1.78 bits per heavy atom. The van der Waals surface area contributed by atoms with Crippen LogP contribution >= 0.6 is 11.3 Å². The minimum atomic E-state index is -0.310. The molecule has 32 heavy (non-hydrogen) atoms. The van der Waals surface area contributed by atoms with Gasteiger partial charge in [-0.3, -0.25) is 10.1 Å². The molecule has 1 aromatic heterocycles. The molecule has 1 aromatic carbocycles. The lowest BCUT2D eigenvalue weighted by molar-refractivity contribution is -0.139. The fourth-order valence-electron chi connectivity index (χ4n) is 5.30. The van der Waals surface area contributed by atoms with Crippen LogP contribution in [0.2, 0.25) is 0 Å². The third-order valence-corrected chi connectivity index (χ3v) is 7.97. The zero-order chi connectivity index (χ0) is 22.2. The summed E-state index contributed by atoms with van der Waals surface area (Å²) < 4.78 is 18.9. The second kappa shape index (κ2) is 11.3. The molecule has 1 spiro atoms. The molecular formula is C26H35FN2O2S. The summed E-state index contributed by atoms with van der Waals surface area (Å²) in [5.41, 5.74) is 0.339. The standard InChI is InChI=1S/C26H35FN2O2S/c27-21-9-11-22(12-10-21)31-20-25(30)29(19-23-8-7-17-32-23)24-18-26(15-16-28-24)13-5-3-1-2-4-6-14-26/h7-12,17,24,28H,1-6,13-16,18-20H2. The SMILES string of the molecule is O=C(COc1ccc(F)cc1)N(Cc1cccs1)C1CC2(CCCCCCCC2)CCN1. The van der Waals surface area contributed by atoms with Crippen molar-refractivity contribution in [2.45, 2.75) is 76.9 Å². The quantitative estimate of drug-likeness (QED) is 0.567. The summed E-state index contributed by atoms with van der Waals surface area (Å²) in [5, 5.41) is 5.70. The third-order valence-electron chi connectivity index (χ3n) is 7.10. The molecule has 2 aromatic rings. The molecule has 0 radical (unpaired) electrons. The van der Waals surface area contributed by atoms with Crippen molar-refractivity contribution < 1.29 is 13.9 Å². The average molecular weight is 459 g/mol. The normalized spacial score (nSPS) is 21.3. The highest BCUT2D eigenvalue weighted by Crippen LogP contribution is 2.43. The Morgan fingerprint density at radius 1 is 1.06 bits per heavy atom. The van der Waals surface area contributed by atoms with Crippen molar-refractivity contribution >= 4 is 17.2 Å². The molecule has 6 heteroatoms. The van der Waals surface area contributed by atoms with Crippen LogP contribution in [0, 0.1) is 11.2 Å². The summed E-state index contributed by atoms with van der Waals surface area (Å²) in [4.78, 5) is 16.5. The topological polar surface area (TPSA) is 41.6 Å². The second-order valence-electron chi connectivity index (χ2n) is 9.39. The van der Waals surface area contributed by atoms with Crippen molar-refractivity contribution in [2.75, 3.05) is 13.2 Å². The number of ether oxygens (including phenoxy) is 1. The van der Waals surface area contributed by atoms with Crippen LogP contribution in [-0.2, 0) is 11.3 Å². The van der Waals surface area contributed by atoms with Crippen molar-refractivity contribution in [3.05, 3.63) is 52.5 Å². The molecule has 2 fully saturated rings. The first-order chi connectivity index (χ1) is 15.6. The van der Waals surface area contributed by atoms with E-state index in [2.05, 4.69) is 16.8 Å². The number of carbonyl (C=O) groups excluding carboxylic acids is 1. The maximum absolute atomic E-state index is 13.3. The van der Waals surface area contributed by atoms with Crippen LogP contribution in [0.4, 0.5) is 4.39 Å². The Bertz CT molecular complexity index is 830. The minimum Gasteiger partial charge on any atom is -0.484 e. The number of hydrogen-bond acceptors (Lipinski definition) is 4. The Labute approximate surface area is 195 Å². The maximum Gasteiger partial charge on any atom is 0.262 e. The van der Waals surface area contributed by atoms with Gasteiger partial charge in [0, 0.05) is 4.88 Å². The summed E-state index contributed by atoms with van der Waals surface area (Å²) in [6.07, 6.45) is 12.8. The van der Waals surface area contributed by atoms with Gasteiger partial charge in [0.05, 0.1) is 12.7 Å². The van der Waals surface area contributed by atoms with Gasteiger partial charge in [-0.25, -0.2) is 4.39 Å². The summed E-state index contributed by atoms with van der Waals surface area (Å²) in [5.74, 6) is 0.176. The molecule has 1 saturated carbocycles. The van der Waals surface area contributed by atoms with Crippen LogP contribution in [0.3, 0.4) is 0 Å². The number of piperidine rings is 1. The van der Waals surface area contributed by atoms with Gasteiger partial charge in [0.15, 0.2) is 6.61 Å². The molecule has 1 aliphatic carbocycles. The highest BCUT2D eigenvalue weighted by Gasteiger charge is 2.39. The first-order valence-corrected chi connectivity index (χ1v) is 13.0. The molecular weight excluding hydrogens is 423 g/mol. The molecule has 0 bridgehead atoms. The lowest BCUT2D eigenvalue weighted by Gasteiger charge is -2.45. The van der Waals surface area contributed by atoms with Crippen LogP contribution in [0.5, 0.6) is 5.75 Å². The van der Waals surface area contributed by atoms with Crippen LogP contribution in [-0.4, -0.2) is 30.1 Å². The largest absolute Gasteiger partial charge is 0.484 e. The second-order valence-corrected chi connectivity index (χ2v) is 10.4. The van der Waals surface area contributed by atoms with Crippen molar-refractivity contribution in [1.29, 1.82) is 0 Å². The van der Waals surface area contributed by atoms with E-state index in [0.29, 0.717) is 17.7 Å².